The minimum atomic E-state index is -1.35. The van der Waals surface area contributed by atoms with Crippen LogP contribution in [0.3, 0.4) is 0 Å². The van der Waals surface area contributed by atoms with Gasteiger partial charge in [0, 0.05) is 38.5 Å². The summed E-state index contributed by atoms with van der Waals surface area (Å²) in [4.78, 5) is 16.1. The Labute approximate surface area is 242 Å². The molecule has 0 spiro atoms. The molecule has 2 bridgehead atoms. The van der Waals surface area contributed by atoms with Crippen LogP contribution in [0.25, 0.3) is 0 Å². The number of aliphatic hydroxyl groups is 3. The lowest BCUT2D eigenvalue weighted by atomic mass is 9.85. The van der Waals surface area contributed by atoms with Gasteiger partial charge in [0.15, 0.2) is 0 Å². The molecule has 0 aromatic rings. The molecule has 1 amide bonds. The van der Waals surface area contributed by atoms with Gasteiger partial charge in [0.1, 0.15) is 35.9 Å². The minimum Gasteiger partial charge on any atom is -0.388 e. The Morgan fingerprint density at radius 2 is 1.93 bits per heavy atom. The van der Waals surface area contributed by atoms with Crippen molar-refractivity contribution in [2.75, 3.05) is 51.8 Å². The van der Waals surface area contributed by atoms with Crippen molar-refractivity contribution in [3.63, 3.8) is 0 Å². The van der Waals surface area contributed by atoms with Crippen LogP contribution in [0.1, 0.15) is 39.5 Å². The number of hydrogen-bond acceptors (Lipinski definition) is 10. The first-order chi connectivity index (χ1) is 19.3. The molecule has 0 aromatic heterocycles. The van der Waals surface area contributed by atoms with Crippen LogP contribution >= 0.6 is 11.8 Å². The van der Waals surface area contributed by atoms with Gasteiger partial charge >= 0.3 is 0 Å². The first-order valence-electron chi connectivity index (χ1n) is 15.2. The van der Waals surface area contributed by atoms with Crippen LogP contribution in [0.4, 0.5) is 0 Å². The fourth-order valence-electron chi connectivity index (χ4n) is 7.08. The molecule has 5 aliphatic heterocycles. The summed E-state index contributed by atoms with van der Waals surface area (Å²) in [5.41, 5.74) is -0.696. The Kier molecular flexibility index (Phi) is 10.8. The molecule has 0 aromatic carbocycles. The molecule has 0 radical (unpaired) electrons. The normalized spacial score (nSPS) is 44.0. The van der Waals surface area contributed by atoms with Crippen LogP contribution in [-0.2, 0) is 19.0 Å². The van der Waals surface area contributed by atoms with E-state index < -0.39 is 41.9 Å². The summed E-state index contributed by atoms with van der Waals surface area (Å²) < 4.78 is 18.0. The summed E-state index contributed by atoms with van der Waals surface area (Å²) in [6, 6.07) is -1.04. The van der Waals surface area contributed by atoms with E-state index in [-0.39, 0.29) is 17.9 Å². The summed E-state index contributed by atoms with van der Waals surface area (Å²) in [7, 11) is 0. The van der Waals surface area contributed by atoms with Gasteiger partial charge in [-0.25, -0.2) is 0 Å². The second kappa shape index (κ2) is 14.1. The largest absolute Gasteiger partial charge is 0.388 e. The Balaban J connectivity index is 1.28. The maximum atomic E-state index is 13.7. The fraction of sp³-hybridized carbons (Fsp3) is 0.897. The highest BCUT2D eigenvalue weighted by atomic mass is 32.2. The number of carbonyl (C=O) groups excluding carboxylic acids is 1. The van der Waals surface area contributed by atoms with Crippen molar-refractivity contribution in [1.82, 2.24) is 15.5 Å². The van der Waals surface area contributed by atoms with Gasteiger partial charge < -0.3 is 40.2 Å². The van der Waals surface area contributed by atoms with E-state index in [4.69, 9.17) is 14.2 Å². The second-order valence-corrected chi connectivity index (χ2v) is 13.9. The summed E-state index contributed by atoms with van der Waals surface area (Å²) in [5, 5.41) is 38.9. The Morgan fingerprint density at radius 3 is 2.70 bits per heavy atom. The van der Waals surface area contributed by atoms with Gasteiger partial charge in [0.2, 0.25) is 5.91 Å². The average Bonchev–Trinajstić information content (AvgIpc) is 3.22. The molecule has 5 heterocycles. The molecule has 5 aliphatic rings. The fourth-order valence-corrected chi connectivity index (χ4v) is 8.30. The first kappa shape index (κ1) is 30.7. The molecule has 0 aliphatic carbocycles. The molecule has 5 rings (SSSR count). The molecule has 5 unspecified atom stereocenters. The van der Waals surface area contributed by atoms with Crippen molar-refractivity contribution in [3.05, 3.63) is 12.2 Å². The third kappa shape index (κ3) is 7.41. The smallest absolute Gasteiger partial charge is 0.240 e. The highest BCUT2D eigenvalue weighted by Crippen LogP contribution is 2.35. The van der Waals surface area contributed by atoms with E-state index in [1.165, 1.54) is 18.2 Å². The van der Waals surface area contributed by atoms with E-state index in [0.29, 0.717) is 36.5 Å². The Morgan fingerprint density at radius 1 is 1.12 bits per heavy atom. The van der Waals surface area contributed by atoms with Gasteiger partial charge in [-0.15, -0.1) is 11.8 Å². The van der Waals surface area contributed by atoms with Gasteiger partial charge in [-0.1, -0.05) is 26.0 Å². The number of carbonyl (C=O) groups is 1. The predicted octanol–water partition coefficient (Wildman–Crippen LogP) is 0.350. The number of amides is 1. The predicted molar refractivity (Wildman–Crippen MR) is 153 cm³/mol. The van der Waals surface area contributed by atoms with Crippen LogP contribution in [0.2, 0.25) is 0 Å². The zero-order valence-corrected chi connectivity index (χ0v) is 24.7. The van der Waals surface area contributed by atoms with Crippen molar-refractivity contribution in [2.45, 2.75) is 87.6 Å². The van der Waals surface area contributed by atoms with Crippen molar-refractivity contribution in [3.8, 4) is 0 Å². The molecular formula is C29H49N3O7S. The lowest BCUT2D eigenvalue weighted by Gasteiger charge is -2.44. The van der Waals surface area contributed by atoms with Gasteiger partial charge in [-0.05, 0) is 49.4 Å². The molecule has 5 N–H and O–H groups in total. The van der Waals surface area contributed by atoms with Crippen molar-refractivity contribution in [1.29, 1.82) is 0 Å². The van der Waals surface area contributed by atoms with Crippen LogP contribution in [0.15, 0.2) is 12.2 Å². The Bertz CT molecular complexity index is 859. The number of fused-ring (bicyclic) bond motifs is 3. The van der Waals surface area contributed by atoms with Crippen molar-refractivity contribution in [2.24, 2.45) is 23.7 Å². The SMILES string of the molecule is CC(C)C[C@@H]1CCO[C@@H]2[C@H](CN[C@@H]2C(=O)N[C@@H]2C/C=C\[C@@H](CN3CCOCC3)CSC3OC2C(O)C(O)C3O)C1. The Hall–Kier alpha value is -0.760. The summed E-state index contributed by atoms with van der Waals surface area (Å²) >= 11 is 1.46. The van der Waals surface area contributed by atoms with Crippen LogP contribution in [-0.4, -0.2) is 126 Å². The highest BCUT2D eigenvalue weighted by molar-refractivity contribution is 7.99. The van der Waals surface area contributed by atoms with Crippen molar-refractivity contribution < 1.29 is 34.3 Å². The summed E-state index contributed by atoms with van der Waals surface area (Å²) in [6.45, 7) is 10.0. The van der Waals surface area contributed by atoms with E-state index in [1.807, 2.05) is 0 Å². The van der Waals surface area contributed by atoms with E-state index >= 15 is 0 Å². The topological polar surface area (TPSA) is 133 Å². The number of hydrogen-bond donors (Lipinski definition) is 5. The zero-order valence-electron chi connectivity index (χ0n) is 23.9. The first-order valence-corrected chi connectivity index (χ1v) is 16.3. The van der Waals surface area contributed by atoms with Crippen LogP contribution < -0.4 is 10.6 Å². The minimum absolute atomic E-state index is 0.171. The molecule has 228 valence electrons. The van der Waals surface area contributed by atoms with Gasteiger partial charge in [0.05, 0.1) is 25.4 Å². The number of nitrogens with zero attached hydrogens (tertiary/aromatic N) is 1. The monoisotopic (exact) mass is 583 g/mol. The molecular weight excluding hydrogens is 534 g/mol. The second-order valence-electron chi connectivity index (χ2n) is 12.7. The zero-order chi connectivity index (χ0) is 28.2. The molecule has 40 heavy (non-hydrogen) atoms. The number of rotatable bonds is 6. The van der Waals surface area contributed by atoms with E-state index in [2.05, 4.69) is 41.5 Å². The lowest BCUT2D eigenvalue weighted by molar-refractivity contribution is -0.205. The van der Waals surface area contributed by atoms with Crippen molar-refractivity contribution >= 4 is 17.7 Å². The number of aliphatic hydroxyl groups excluding tert-OH is 3. The molecule has 11 atom stereocenters. The maximum absolute atomic E-state index is 13.7. The molecule has 4 saturated heterocycles. The standard InChI is InChI=1S/C29H49N3O7S/c1-17(2)12-18-6-9-38-26-20(13-18)14-30-22(26)28(36)31-21-5-3-4-19(15-32-7-10-37-11-8-32)16-40-29-25(35)23(33)24(34)27(21)39-29/h3-4,17-27,29-30,33-35H,5-16H2,1-2H3,(H,31,36)/b4-3-/t18-,19-,20-,21+,22-,23?,24?,25?,26+,27?,29?/m0/s1. The number of thioether (sulfide) groups is 1. The van der Waals surface area contributed by atoms with E-state index in [9.17, 15) is 20.1 Å². The van der Waals surface area contributed by atoms with Gasteiger partial charge in [-0.2, -0.15) is 0 Å². The third-order valence-electron chi connectivity index (χ3n) is 9.15. The van der Waals surface area contributed by atoms with Gasteiger partial charge in [0.25, 0.3) is 0 Å². The van der Waals surface area contributed by atoms with E-state index in [0.717, 1.165) is 52.2 Å². The molecule has 11 heteroatoms. The molecule has 10 nitrogen and oxygen atoms in total. The number of ether oxygens (including phenoxy) is 3. The van der Waals surface area contributed by atoms with Crippen LogP contribution in [0.5, 0.6) is 0 Å². The van der Waals surface area contributed by atoms with Gasteiger partial charge in [-0.3, -0.25) is 9.69 Å². The molecule has 0 saturated carbocycles. The number of nitrogens with one attached hydrogen (secondary N) is 2. The summed E-state index contributed by atoms with van der Waals surface area (Å²) in [5.74, 6) is 2.30. The maximum Gasteiger partial charge on any atom is 0.240 e. The molecule has 4 fully saturated rings. The van der Waals surface area contributed by atoms with E-state index in [1.54, 1.807) is 0 Å². The van der Waals surface area contributed by atoms with Crippen LogP contribution in [0, 0.1) is 23.7 Å². The highest BCUT2D eigenvalue weighted by Gasteiger charge is 2.49. The lowest BCUT2D eigenvalue weighted by Crippen LogP contribution is -2.64. The average molecular weight is 584 g/mol. The quantitative estimate of drug-likeness (QED) is 0.279. The number of morpholine rings is 1. The summed E-state index contributed by atoms with van der Waals surface area (Å²) in [6.07, 6.45) is 3.05. The third-order valence-corrected chi connectivity index (χ3v) is 10.5.